The standard InChI is InChI=1S/C30H46O2/c1-19(2)22(31)9-8-20(3)21-12-14-28(7)24-11-10-23-26(4,5)25(32)13-15-29(23)18-30(24,29)17-16-27(21,28)6/h8-9,11,19-23,31H,10,12-18H2,1-7H3. The first kappa shape index (κ1) is 22.9. The van der Waals surface area contributed by atoms with Crippen LogP contribution in [0.1, 0.15) is 99.8 Å². The van der Waals surface area contributed by atoms with Crippen molar-refractivity contribution in [2.75, 3.05) is 0 Å². The summed E-state index contributed by atoms with van der Waals surface area (Å²) in [6, 6.07) is 0. The first-order chi connectivity index (χ1) is 14.9. The summed E-state index contributed by atoms with van der Waals surface area (Å²) in [6.07, 6.45) is 16.3. The Morgan fingerprint density at radius 3 is 2.44 bits per heavy atom. The summed E-state index contributed by atoms with van der Waals surface area (Å²) in [5.41, 5.74) is 3.07. The van der Waals surface area contributed by atoms with E-state index in [0.29, 0.717) is 39.8 Å². The fourth-order valence-corrected chi connectivity index (χ4v) is 9.86. The first-order valence-corrected chi connectivity index (χ1v) is 13.5. The number of aliphatic hydroxyl groups excluding tert-OH is 1. The molecule has 2 nitrogen and oxygen atoms in total. The Balaban J connectivity index is 1.46. The number of rotatable bonds is 4. The van der Waals surface area contributed by atoms with E-state index in [-0.39, 0.29) is 22.9 Å². The number of hydrogen-bond acceptors (Lipinski definition) is 2. The van der Waals surface area contributed by atoms with Crippen LogP contribution in [0, 0.1) is 50.7 Å². The Morgan fingerprint density at radius 1 is 1.03 bits per heavy atom. The van der Waals surface area contributed by atoms with Gasteiger partial charge in [-0.15, -0.1) is 0 Å². The Kier molecular flexibility index (Phi) is 4.89. The maximum absolute atomic E-state index is 12.8. The Morgan fingerprint density at radius 2 is 1.75 bits per heavy atom. The minimum absolute atomic E-state index is 0.153. The first-order valence-electron chi connectivity index (χ1n) is 13.5. The highest BCUT2D eigenvalue weighted by atomic mass is 16.3. The van der Waals surface area contributed by atoms with E-state index in [2.05, 4.69) is 66.7 Å². The summed E-state index contributed by atoms with van der Waals surface area (Å²) in [7, 11) is 0. The lowest BCUT2D eigenvalue weighted by Crippen LogP contribution is -2.52. The molecule has 1 N–H and O–H groups in total. The predicted molar refractivity (Wildman–Crippen MR) is 131 cm³/mol. The van der Waals surface area contributed by atoms with Crippen LogP contribution < -0.4 is 0 Å². The second-order valence-electron chi connectivity index (χ2n) is 13.8. The van der Waals surface area contributed by atoms with Gasteiger partial charge in [0, 0.05) is 11.8 Å². The van der Waals surface area contributed by atoms with Crippen LogP contribution in [0.3, 0.4) is 0 Å². The average molecular weight is 439 g/mol. The molecule has 178 valence electrons. The molecule has 5 rings (SSSR count). The van der Waals surface area contributed by atoms with Crippen LogP contribution in [0.5, 0.6) is 0 Å². The molecule has 2 heteroatoms. The molecule has 8 unspecified atom stereocenters. The van der Waals surface area contributed by atoms with Crippen LogP contribution in [0.15, 0.2) is 23.8 Å². The van der Waals surface area contributed by atoms with Crippen molar-refractivity contribution in [2.45, 2.75) is 106 Å². The Labute approximate surface area is 196 Å². The number of hydrogen-bond donors (Lipinski definition) is 1. The smallest absolute Gasteiger partial charge is 0.138 e. The van der Waals surface area contributed by atoms with Crippen LogP contribution >= 0.6 is 0 Å². The largest absolute Gasteiger partial charge is 0.389 e. The maximum atomic E-state index is 12.8. The number of Topliss-reactive ketones (excluding diaryl/α,β-unsaturated/α-hetero) is 1. The molecular weight excluding hydrogens is 392 g/mol. The molecule has 5 aliphatic rings. The van der Waals surface area contributed by atoms with Crippen LogP contribution in [-0.4, -0.2) is 17.0 Å². The van der Waals surface area contributed by atoms with E-state index < -0.39 is 0 Å². The summed E-state index contributed by atoms with van der Waals surface area (Å²) >= 11 is 0. The van der Waals surface area contributed by atoms with Crippen LogP contribution in [0.25, 0.3) is 0 Å². The van der Waals surface area contributed by atoms with Crippen LogP contribution in [0.4, 0.5) is 0 Å². The molecule has 4 saturated carbocycles. The van der Waals surface area contributed by atoms with Gasteiger partial charge < -0.3 is 5.11 Å². The molecule has 0 heterocycles. The predicted octanol–water partition coefficient (Wildman–Crippen LogP) is 7.12. The van der Waals surface area contributed by atoms with Gasteiger partial charge in [-0.05, 0) is 90.3 Å². The van der Waals surface area contributed by atoms with Gasteiger partial charge in [-0.25, -0.2) is 0 Å². The SMILES string of the molecule is CC(C)C(O)C=CC(C)C1CCC2(C)C3=CCC4C(C)(C)C(=O)CCC45CC35CCC12C. The van der Waals surface area contributed by atoms with E-state index in [9.17, 15) is 9.90 Å². The summed E-state index contributed by atoms with van der Waals surface area (Å²) in [5, 5.41) is 10.3. The fourth-order valence-electron chi connectivity index (χ4n) is 9.86. The third kappa shape index (κ3) is 2.60. The molecule has 0 aromatic carbocycles. The van der Waals surface area contributed by atoms with E-state index in [0.717, 1.165) is 19.3 Å². The van der Waals surface area contributed by atoms with Crippen molar-refractivity contribution in [3.63, 3.8) is 0 Å². The summed E-state index contributed by atoms with van der Waals surface area (Å²) in [5.74, 6) is 2.50. The Hall–Kier alpha value is -0.890. The highest BCUT2D eigenvalue weighted by Gasteiger charge is 2.80. The molecule has 0 amide bonds. The van der Waals surface area contributed by atoms with Crippen molar-refractivity contribution in [2.24, 2.45) is 50.7 Å². The fraction of sp³-hybridized carbons (Fsp3) is 0.833. The van der Waals surface area contributed by atoms with Crippen molar-refractivity contribution in [3.05, 3.63) is 23.8 Å². The van der Waals surface area contributed by atoms with Crippen molar-refractivity contribution in [1.82, 2.24) is 0 Å². The van der Waals surface area contributed by atoms with Gasteiger partial charge in [0.2, 0.25) is 0 Å². The molecular formula is C30H46O2. The van der Waals surface area contributed by atoms with Crippen molar-refractivity contribution in [3.8, 4) is 0 Å². The van der Waals surface area contributed by atoms with Gasteiger partial charge >= 0.3 is 0 Å². The van der Waals surface area contributed by atoms with Gasteiger partial charge in [-0.1, -0.05) is 72.3 Å². The highest BCUT2D eigenvalue weighted by molar-refractivity contribution is 5.86. The second-order valence-corrected chi connectivity index (χ2v) is 13.8. The lowest BCUT2D eigenvalue weighted by molar-refractivity contribution is -0.138. The highest BCUT2D eigenvalue weighted by Crippen LogP contribution is 2.87. The minimum Gasteiger partial charge on any atom is -0.389 e. The number of aliphatic hydroxyl groups is 1. The van der Waals surface area contributed by atoms with Gasteiger partial charge in [-0.3, -0.25) is 4.79 Å². The van der Waals surface area contributed by atoms with Gasteiger partial charge in [-0.2, -0.15) is 0 Å². The van der Waals surface area contributed by atoms with Crippen molar-refractivity contribution in [1.29, 1.82) is 0 Å². The average Bonchev–Trinajstić information content (AvgIpc) is 3.31. The maximum Gasteiger partial charge on any atom is 0.138 e. The Bertz CT molecular complexity index is 879. The van der Waals surface area contributed by atoms with E-state index in [1.165, 1.54) is 32.1 Å². The van der Waals surface area contributed by atoms with E-state index in [4.69, 9.17) is 0 Å². The third-order valence-electron chi connectivity index (χ3n) is 12.2. The van der Waals surface area contributed by atoms with Gasteiger partial charge in [0.25, 0.3) is 0 Å². The molecule has 2 spiro atoms. The van der Waals surface area contributed by atoms with Gasteiger partial charge in [0.05, 0.1) is 6.10 Å². The molecule has 5 aliphatic carbocycles. The summed E-state index contributed by atoms with van der Waals surface area (Å²) < 4.78 is 0. The molecule has 0 aromatic heterocycles. The lowest BCUT2D eigenvalue weighted by Gasteiger charge is -2.59. The number of carbonyl (C=O) groups excluding carboxylic acids is 1. The zero-order chi connectivity index (χ0) is 23.3. The normalized spacial score (nSPS) is 48.5. The monoisotopic (exact) mass is 438 g/mol. The molecule has 0 aliphatic heterocycles. The topological polar surface area (TPSA) is 37.3 Å². The van der Waals surface area contributed by atoms with E-state index in [1.54, 1.807) is 5.57 Å². The molecule has 4 fully saturated rings. The molecule has 0 radical (unpaired) electrons. The van der Waals surface area contributed by atoms with Crippen molar-refractivity contribution < 1.29 is 9.90 Å². The molecule has 8 atom stereocenters. The summed E-state index contributed by atoms with van der Waals surface area (Å²) in [4.78, 5) is 12.8. The number of fused-ring (bicyclic) bond motifs is 2. The van der Waals surface area contributed by atoms with Gasteiger partial charge in [0.1, 0.15) is 5.78 Å². The van der Waals surface area contributed by atoms with Gasteiger partial charge in [0.15, 0.2) is 0 Å². The zero-order valence-electron chi connectivity index (χ0n) is 21.6. The van der Waals surface area contributed by atoms with E-state index in [1.807, 2.05) is 0 Å². The molecule has 32 heavy (non-hydrogen) atoms. The molecule has 0 aromatic rings. The van der Waals surface area contributed by atoms with E-state index >= 15 is 0 Å². The zero-order valence-corrected chi connectivity index (χ0v) is 21.6. The molecule has 0 bridgehead atoms. The minimum atomic E-state index is -0.339. The number of carbonyl (C=O) groups is 1. The molecule has 0 saturated heterocycles. The lowest BCUT2D eigenvalue weighted by atomic mass is 9.45. The van der Waals surface area contributed by atoms with Crippen LogP contribution in [0.2, 0.25) is 0 Å². The van der Waals surface area contributed by atoms with Crippen LogP contribution in [-0.2, 0) is 4.79 Å². The number of ketones is 1. The summed E-state index contributed by atoms with van der Waals surface area (Å²) in [6.45, 7) is 16.2. The quantitative estimate of drug-likeness (QED) is 0.474. The number of allylic oxidation sites excluding steroid dienone is 3. The second kappa shape index (κ2) is 6.83. The third-order valence-corrected chi connectivity index (χ3v) is 12.2. The van der Waals surface area contributed by atoms with Crippen molar-refractivity contribution >= 4 is 5.78 Å².